The summed E-state index contributed by atoms with van der Waals surface area (Å²) in [5.74, 6) is -0.191. The summed E-state index contributed by atoms with van der Waals surface area (Å²) in [7, 11) is 5.98. The van der Waals surface area contributed by atoms with Gasteiger partial charge in [-0.2, -0.15) is 5.10 Å². The van der Waals surface area contributed by atoms with E-state index in [4.69, 9.17) is 0 Å². The maximum Gasteiger partial charge on any atom is 0.123 e. The Balaban J connectivity index is 2.04. The van der Waals surface area contributed by atoms with Crippen molar-refractivity contribution in [3.8, 4) is 0 Å². The molecule has 0 aliphatic heterocycles. The van der Waals surface area contributed by atoms with Gasteiger partial charge in [-0.3, -0.25) is 4.68 Å². The Hall–Kier alpha value is -1.72. The van der Waals surface area contributed by atoms with Crippen LogP contribution in [0.1, 0.15) is 28.6 Å². The first kappa shape index (κ1) is 16.6. The normalized spacial score (nSPS) is 12.9. The first-order chi connectivity index (χ1) is 10.4. The molecule has 0 radical (unpaired) electrons. The second-order valence-electron chi connectivity index (χ2n) is 5.94. The van der Waals surface area contributed by atoms with Crippen LogP contribution in [0.15, 0.2) is 24.3 Å². The highest BCUT2D eigenvalue weighted by molar-refractivity contribution is 5.24. The van der Waals surface area contributed by atoms with Gasteiger partial charge >= 0.3 is 0 Å². The van der Waals surface area contributed by atoms with Crippen LogP contribution >= 0.6 is 0 Å². The molecule has 1 heterocycles. The zero-order valence-electron chi connectivity index (χ0n) is 14.0. The van der Waals surface area contributed by atoms with Gasteiger partial charge in [-0.15, -0.1) is 0 Å². The molecule has 0 amide bonds. The van der Waals surface area contributed by atoms with Gasteiger partial charge in [0.15, 0.2) is 0 Å². The number of hydrogen-bond donors (Lipinski definition) is 1. The number of nitrogens with zero attached hydrogens (tertiary/aromatic N) is 3. The van der Waals surface area contributed by atoms with E-state index in [2.05, 4.69) is 22.2 Å². The van der Waals surface area contributed by atoms with Crippen LogP contribution in [-0.2, 0) is 13.6 Å². The molecule has 0 saturated carbocycles. The summed E-state index contributed by atoms with van der Waals surface area (Å²) in [6, 6.07) is 6.94. The highest BCUT2D eigenvalue weighted by atomic mass is 19.1. The second kappa shape index (κ2) is 7.03. The van der Waals surface area contributed by atoms with E-state index in [0.29, 0.717) is 0 Å². The average molecular weight is 304 g/mol. The van der Waals surface area contributed by atoms with Gasteiger partial charge in [-0.25, -0.2) is 4.39 Å². The molecule has 0 unspecified atom stereocenters. The SMILES string of the molecule is Cc1nn(C)c(C)c1CNC[C@H](c1cccc(F)c1)N(C)C. The maximum atomic E-state index is 13.4. The molecule has 0 aliphatic carbocycles. The van der Waals surface area contributed by atoms with Crippen LogP contribution in [0.3, 0.4) is 0 Å². The van der Waals surface area contributed by atoms with Crippen molar-refractivity contribution in [2.45, 2.75) is 26.4 Å². The Labute approximate surface area is 131 Å². The first-order valence-corrected chi connectivity index (χ1v) is 7.51. The molecule has 22 heavy (non-hydrogen) atoms. The summed E-state index contributed by atoms with van der Waals surface area (Å²) in [5.41, 5.74) is 4.45. The third kappa shape index (κ3) is 3.72. The molecule has 0 spiro atoms. The third-order valence-corrected chi connectivity index (χ3v) is 4.16. The molecular weight excluding hydrogens is 279 g/mol. The Morgan fingerprint density at radius 1 is 1.32 bits per heavy atom. The van der Waals surface area contributed by atoms with Crippen LogP contribution in [0, 0.1) is 19.7 Å². The van der Waals surface area contributed by atoms with E-state index in [-0.39, 0.29) is 11.9 Å². The summed E-state index contributed by atoms with van der Waals surface area (Å²) in [5, 5.41) is 7.91. The van der Waals surface area contributed by atoms with Crippen molar-refractivity contribution in [1.82, 2.24) is 20.0 Å². The number of hydrogen-bond acceptors (Lipinski definition) is 3. The number of likely N-dealkylation sites (N-methyl/N-ethyl adjacent to an activating group) is 1. The fourth-order valence-electron chi connectivity index (χ4n) is 2.72. The predicted octanol–water partition coefficient (Wildman–Crippen LogP) is 2.57. The van der Waals surface area contributed by atoms with Crippen molar-refractivity contribution in [3.05, 3.63) is 52.6 Å². The van der Waals surface area contributed by atoms with Crippen molar-refractivity contribution < 1.29 is 4.39 Å². The molecule has 0 fully saturated rings. The lowest BCUT2D eigenvalue weighted by Gasteiger charge is -2.25. The van der Waals surface area contributed by atoms with Crippen LogP contribution in [0.25, 0.3) is 0 Å². The van der Waals surface area contributed by atoms with E-state index in [1.54, 1.807) is 12.1 Å². The Morgan fingerprint density at radius 3 is 2.59 bits per heavy atom. The molecule has 2 rings (SSSR count). The smallest absolute Gasteiger partial charge is 0.123 e. The minimum Gasteiger partial charge on any atom is -0.311 e. The van der Waals surface area contributed by atoms with Gasteiger partial charge in [-0.05, 0) is 45.6 Å². The standard InChI is InChI=1S/C17H25FN4/c1-12-16(13(2)22(5)20-12)10-19-11-17(21(3)4)14-7-6-8-15(18)9-14/h6-9,17,19H,10-11H2,1-5H3/t17-/m1/s1. The Kier molecular flexibility index (Phi) is 5.32. The van der Waals surface area contributed by atoms with Crippen molar-refractivity contribution in [3.63, 3.8) is 0 Å². The molecule has 0 bridgehead atoms. The highest BCUT2D eigenvalue weighted by Gasteiger charge is 2.15. The molecule has 1 N–H and O–H groups in total. The minimum atomic E-state index is -0.191. The molecule has 5 heteroatoms. The van der Waals surface area contributed by atoms with Crippen molar-refractivity contribution in [2.24, 2.45) is 7.05 Å². The van der Waals surface area contributed by atoms with E-state index < -0.39 is 0 Å². The predicted molar refractivity (Wildman–Crippen MR) is 87.2 cm³/mol. The van der Waals surface area contributed by atoms with Crippen LogP contribution in [0.4, 0.5) is 4.39 Å². The topological polar surface area (TPSA) is 33.1 Å². The van der Waals surface area contributed by atoms with Gasteiger partial charge in [0.05, 0.1) is 5.69 Å². The van der Waals surface area contributed by atoms with E-state index >= 15 is 0 Å². The van der Waals surface area contributed by atoms with Crippen LogP contribution in [-0.4, -0.2) is 35.3 Å². The number of aryl methyl sites for hydroxylation is 2. The van der Waals surface area contributed by atoms with E-state index in [1.165, 1.54) is 17.3 Å². The largest absolute Gasteiger partial charge is 0.311 e. The summed E-state index contributed by atoms with van der Waals surface area (Å²) in [4.78, 5) is 2.10. The number of benzene rings is 1. The van der Waals surface area contributed by atoms with Crippen molar-refractivity contribution >= 4 is 0 Å². The lowest BCUT2D eigenvalue weighted by Crippen LogP contribution is -2.31. The molecule has 0 aliphatic rings. The molecule has 1 aromatic heterocycles. The highest BCUT2D eigenvalue weighted by Crippen LogP contribution is 2.19. The van der Waals surface area contributed by atoms with Gasteiger partial charge in [0, 0.05) is 37.4 Å². The Bertz CT molecular complexity index is 634. The Morgan fingerprint density at radius 2 is 2.05 bits per heavy atom. The second-order valence-corrected chi connectivity index (χ2v) is 5.94. The summed E-state index contributed by atoms with van der Waals surface area (Å²) in [6.07, 6.45) is 0. The molecule has 1 aromatic carbocycles. The monoisotopic (exact) mass is 304 g/mol. The van der Waals surface area contributed by atoms with Crippen molar-refractivity contribution in [2.75, 3.05) is 20.6 Å². The van der Waals surface area contributed by atoms with Crippen LogP contribution in [0.2, 0.25) is 0 Å². The lowest BCUT2D eigenvalue weighted by atomic mass is 10.1. The number of nitrogens with one attached hydrogen (secondary N) is 1. The van der Waals surface area contributed by atoms with Gasteiger partial charge in [-0.1, -0.05) is 12.1 Å². The van der Waals surface area contributed by atoms with Crippen molar-refractivity contribution in [1.29, 1.82) is 0 Å². The van der Waals surface area contributed by atoms with E-state index in [1.807, 2.05) is 38.8 Å². The fourth-order valence-corrected chi connectivity index (χ4v) is 2.72. The lowest BCUT2D eigenvalue weighted by molar-refractivity contribution is 0.287. The molecule has 120 valence electrons. The number of rotatable bonds is 6. The zero-order chi connectivity index (χ0) is 16.3. The molecule has 0 saturated heterocycles. The van der Waals surface area contributed by atoms with E-state index in [9.17, 15) is 4.39 Å². The van der Waals surface area contributed by atoms with Gasteiger partial charge in [0.2, 0.25) is 0 Å². The number of halogens is 1. The summed E-state index contributed by atoms with van der Waals surface area (Å²) >= 11 is 0. The molecule has 2 aromatic rings. The molecular formula is C17H25FN4. The molecule has 4 nitrogen and oxygen atoms in total. The third-order valence-electron chi connectivity index (χ3n) is 4.16. The van der Waals surface area contributed by atoms with E-state index in [0.717, 1.165) is 24.3 Å². The van der Waals surface area contributed by atoms with Gasteiger partial charge < -0.3 is 10.2 Å². The quantitative estimate of drug-likeness (QED) is 0.890. The molecule has 1 atom stereocenters. The van der Waals surface area contributed by atoms with Gasteiger partial charge in [0.1, 0.15) is 5.82 Å². The average Bonchev–Trinajstić information content (AvgIpc) is 2.69. The first-order valence-electron chi connectivity index (χ1n) is 7.51. The van der Waals surface area contributed by atoms with Crippen LogP contribution < -0.4 is 5.32 Å². The maximum absolute atomic E-state index is 13.4. The summed E-state index contributed by atoms with van der Waals surface area (Å²) in [6.45, 7) is 5.63. The van der Waals surface area contributed by atoms with Crippen LogP contribution in [0.5, 0.6) is 0 Å². The zero-order valence-corrected chi connectivity index (χ0v) is 14.0. The minimum absolute atomic E-state index is 0.132. The van der Waals surface area contributed by atoms with Gasteiger partial charge in [0.25, 0.3) is 0 Å². The fraction of sp³-hybridized carbons (Fsp3) is 0.471. The summed E-state index contributed by atoms with van der Waals surface area (Å²) < 4.78 is 15.3. The number of aromatic nitrogens is 2.